The SMILES string of the molecule is O=c1cc(NCc2ccccc2)cc(-c2ccccc2)o1. The fourth-order valence-corrected chi connectivity index (χ4v) is 2.12. The average molecular weight is 277 g/mol. The largest absolute Gasteiger partial charge is 0.423 e. The lowest BCUT2D eigenvalue weighted by molar-refractivity contribution is 0.526. The zero-order valence-electron chi connectivity index (χ0n) is 11.5. The van der Waals surface area contributed by atoms with E-state index in [9.17, 15) is 4.79 Å². The second-order valence-corrected chi connectivity index (χ2v) is 4.73. The molecule has 104 valence electrons. The summed E-state index contributed by atoms with van der Waals surface area (Å²) in [6.45, 7) is 0.665. The summed E-state index contributed by atoms with van der Waals surface area (Å²) in [5, 5.41) is 3.25. The molecule has 0 aliphatic carbocycles. The molecule has 0 saturated heterocycles. The van der Waals surface area contributed by atoms with Gasteiger partial charge in [0.2, 0.25) is 0 Å². The van der Waals surface area contributed by atoms with Gasteiger partial charge in [0.25, 0.3) is 0 Å². The first-order chi connectivity index (χ1) is 10.3. The summed E-state index contributed by atoms with van der Waals surface area (Å²) in [5.74, 6) is 0.568. The summed E-state index contributed by atoms with van der Waals surface area (Å²) < 4.78 is 5.26. The zero-order valence-corrected chi connectivity index (χ0v) is 11.5. The van der Waals surface area contributed by atoms with Crippen molar-refractivity contribution in [1.82, 2.24) is 0 Å². The first-order valence-corrected chi connectivity index (χ1v) is 6.80. The second-order valence-electron chi connectivity index (χ2n) is 4.73. The third-order valence-corrected chi connectivity index (χ3v) is 3.17. The van der Waals surface area contributed by atoms with Crippen LogP contribution in [-0.4, -0.2) is 0 Å². The van der Waals surface area contributed by atoms with Gasteiger partial charge in [0, 0.05) is 29.9 Å². The highest BCUT2D eigenvalue weighted by Crippen LogP contribution is 2.20. The lowest BCUT2D eigenvalue weighted by atomic mass is 10.1. The smallest absolute Gasteiger partial charge is 0.338 e. The zero-order chi connectivity index (χ0) is 14.5. The highest BCUT2D eigenvalue weighted by atomic mass is 16.4. The number of nitrogens with one attached hydrogen (secondary N) is 1. The van der Waals surface area contributed by atoms with Crippen molar-refractivity contribution in [2.45, 2.75) is 6.54 Å². The van der Waals surface area contributed by atoms with Crippen LogP contribution in [0.2, 0.25) is 0 Å². The first-order valence-electron chi connectivity index (χ1n) is 6.80. The van der Waals surface area contributed by atoms with Crippen molar-refractivity contribution in [2.75, 3.05) is 5.32 Å². The molecule has 1 aromatic heterocycles. The highest BCUT2D eigenvalue weighted by Gasteiger charge is 2.04. The van der Waals surface area contributed by atoms with E-state index in [4.69, 9.17) is 4.42 Å². The summed E-state index contributed by atoms with van der Waals surface area (Å²) in [4.78, 5) is 11.7. The minimum Gasteiger partial charge on any atom is -0.423 e. The Bertz CT molecular complexity index is 764. The Labute approximate surface area is 122 Å². The highest BCUT2D eigenvalue weighted by molar-refractivity contribution is 5.61. The number of hydrogen-bond donors (Lipinski definition) is 1. The van der Waals surface area contributed by atoms with Crippen LogP contribution in [0.3, 0.4) is 0 Å². The van der Waals surface area contributed by atoms with E-state index in [2.05, 4.69) is 5.32 Å². The van der Waals surface area contributed by atoms with Crippen molar-refractivity contribution in [1.29, 1.82) is 0 Å². The van der Waals surface area contributed by atoms with Crippen LogP contribution in [0.5, 0.6) is 0 Å². The number of benzene rings is 2. The molecule has 3 aromatic rings. The minimum atomic E-state index is -0.355. The van der Waals surface area contributed by atoms with E-state index in [1.807, 2.05) is 66.7 Å². The molecular weight excluding hydrogens is 262 g/mol. The van der Waals surface area contributed by atoms with E-state index in [0.717, 1.165) is 16.8 Å². The van der Waals surface area contributed by atoms with E-state index in [1.165, 1.54) is 6.07 Å². The van der Waals surface area contributed by atoms with Gasteiger partial charge in [-0.2, -0.15) is 0 Å². The van der Waals surface area contributed by atoms with Crippen LogP contribution in [0.15, 0.2) is 82.0 Å². The Morgan fingerprint density at radius 1 is 0.857 bits per heavy atom. The van der Waals surface area contributed by atoms with Gasteiger partial charge < -0.3 is 9.73 Å². The van der Waals surface area contributed by atoms with Crippen LogP contribution in [0.4, 0.5) is 5.69 Å². The summed E-state index contributed by atoms with van der Waals surface area (Å²) in [6.07, 6.45) is 0. The van der Waals surface area contributed by atoms with Crippen molar-refractivity contribution in [2.24, 2.45) is 0 Å². The number of hydrogen-bond acceptors (Lipinski definition) is 3. The van der Waals surface area contributed by atoms with Gasteiger partial charge in [0.1, 0.15) is 5.76 Å². The Balaban J connectivity index is 1.83. The van der Waals surface area contributed by atoms with Gasteiger partial charge in [-0.3, -0.25) is 0 Å². The molecule has 3 rings (SSSR count). The molecule has 0 amide bonds. The van der Waals surface area contributed by atoms with Gasteiger partial charge >= 0.3 is 5.63 Å². The van der Waals surface area contributed by atoms with Crippen molar-refractivity contribution < 1.29 is 4.42 Å². The molecule has 1 heterocycles. The average Bonchev–Trinajstić information content (AvgIpc) is 2.54. The molecule has 21 heavy (non-hydrogen) atoms. The molecule has 0 saturated carbocycles. The van der Waals surface area contributed by atoms with Gasteiger partial charge in [0.05, 0.1) is 0 Å². The molecule has 0 unspecified atom stereocenters. The van der Waals surface area contributed by atoms with Crippen molar-refractivity contribution in [3.05, 3.63) is 88.8 Å². The van der Waals surface area contributed by atoms with Crippen LogP contribution in [0, 0.1) is 0 Å². The maximum absolute atomic E-state index is 11.7. The molecule has 2 aromatic carbocycles. The van der Waals surface area contributed by atoms with Gasteiger partial charge in [-0.05, 0) is 5.56 Å². The predicted molar refractivity (Wildman–Crippen MR) is 84.2 cm³/mol. The van der Waals surface area contributed by atoms with E-state index >= 15 is 0 Å². The van der Waals surface area contributed by atoms with Crippen molar-refractivity contribution in [3.8, 4) is 11.3 Å². The third kappa shape index (κ3) is 3.39. The molecule has 0 radical (unpaired) electrons. The quantitative estimate of drug-likeness (QED) is 0.786. The molecule has 0 bridgehead atoms. The van der Waals surface area contributed by atoms with E-state index in [0.29, 0.717) is 12.3 Å². The Hall–Kier alpha value is -2.81. The first kappa shape index (κ1) is 13.2. The van der Waals surface area contributed by atoms with Gasteiger partial charge in [-0.25, -0.2) is 4.79 Å². The van der Waals surface area contributed by atoms with Gasteiger partial charge in [0.15, 0.2) is 0 Å². The van der Waals surface area contributed by atoms with E-state index in [1.54, 1.807) is 0 Å². The number of anilines is 1. The molecule has 0 aliphatic heterocycles. The molecule has 0 aliphatic rings. The fraction of sp³-hybridized carbons (Fsp3) is 0.0556. The van der Waals surface area contributed by atoms with E-state index in [-0.39, 0.29) is 5.63 Å². The summed E-state index contributed by atoms with van der Waals surface area (Å²) >= 11 is 0. The van der Waals surface area contributed by atoms with E-state index < -0.39 is 0 Å². The van der Waals surface area contributed by atoms with Crippen molar-refractivity contribution in [3.63, 3.8) is 0 Å². The monoisotopic (exact) mass is 277 g/mol. The topological polar surface area (TPSA) is 42.2 Å². The molecule has 0 atom stereocenters. The maximum atomic E-state index is 11.7. The molecule has 0 spiro atoms. The molecule has 3 nitrogen and oxygen atoms in total. The van der Waals surface area contributed by atoms with Crippen molar-refractivity contribution >= 4 is 5.69 Å². The Morgan fingerprint density at radius 3 is 2.24 bits per heavy atom. The summed E-state index contributed by atoms with van der Waals surface area (Å²) in [5.41, 5.74) is 2.45. The standard InChI is InChI=1S/C18H15NO2/c20-18-12-16(19-13-14-7-3-1-4-8-14)11-17(21-18)15-9-5-2-6-10-15/h1-12,19H,13H2. The minimum absolute atomic E-state index is 0.355. The maximum Gasteiger partial charge on any atom is 0.338 e. The Morgan fingerprint density at radius 2 is 1.52 bits per heavy atom. The summed E-state index contributed by atoms with van der Waals surface area (Å²) in [6, 6.07) is 22.9. The predicted octanol–water partition coefficient (Wildman–Crippen LogP) is 3.92. The van der Waals surface area contributed by atoms with Crippen LogP contribution in [0.25, 0.3) is 11.3 Å². The summed E-state index contributed by atoms with van der Waals surface area (Å²) in [7, 11) is 0. The normalized spacial score (nSPS) is 10.3. The lowest BCUT2D eigenvalue weighted by Gasteiger charge is -2.07. The molecule has 3 heteroatoms. The molecule has 0 fully saturated rings. The Kier molecular flexibility index (Phi) is 3.83. The van der Waals surface area contributed by atoms with Gasteiger partial charge in [-0.1, -0.05) is 60.7 Å². The molecule has 1 N–H and O–H groups in total. The number of rotatable bonds is 4. The van der Waals surface area contributed by atoms with Crippen LogP contribution < -0.4 is 10.9 Å². The van der Waals surface area contributed by atoms with Gasteiger partial charge in [-0.15, -0.1) is 0 Å². The lowest BCUT2D eigenvalue weighted by Crippen LogP contribution is -2.04. The third-order valence-electron chi connectivity index (χ3n) is 3.17. The molecular formula is C18H15NO2. The second kappa shape index (κ2) is 6.09. The fourth-order valence-electron chi connectivity index (χ4n) is 2.12. The van der Waals surface area contributed by atoms with Crippen LogP contribution in [-0.2, 0) is 6.54 Å². The van der Waals surface area contributed by atoms with Crippen LogP contribution >= 0.6 is 0 Å². The van der Waals surface area contributed by atoms with Crippen LogP contribution in [0.1, 0.15) is 5.56 Å².